The topological polar surface area (TPSA) is 78.0 Å². The Kier molecular flexibility index (Phi) is 8.26. The lowest BCUT2D eigenvalue weighted by Crippen LogP contribution is -2.30. The molecule has 2 fully saturated rings. The van der Waals surface area contributed by atoms with Crippen LogP contribution in [0.15, 0.2) is 18.2 Å². The molecule has 35 heavy (non-hydrogen) atoms. The second-order valence-electron chi connectivity index (χ2n) is 9.52. The number of nitrogens with zero attached hydrogens (tertiary/aromatic N) is 2. The van der Waals surface area contributed by atoms with Gasteiger partial charge in [0, 0.05) is 19.2 Å². The van der Waals surface area contributed by atoms with Gasteiger partial charge in [0.25, 0.3) is 0 Å². The SMILES string of the molecule is COC(=O)[C@H]1CCC[C@H](Oc2ccc(-c3sc(F)cc3COC(=O)N(C)CCC3CC3)nc2C)C1. The molecule has 0 aromatic carbocycles. The van der Waals surface area contributed by atoms with E-state index < -0.39 is 6.09 Å². The first kappa shape index (κ1) is 25.4. The summed E-state index contributed by atoms with van der Waals surface area (Å²) in [5.41, 5.74) is 1.87. The van der Waals surface area contributed by atoms with E-state index in [0.717, 1.165) is 42.9 Å². The van der Waals surface area contributed by atoms with Crippen molar-refractivity contribution in [3.8, 4) is 16.3 Å². The molecule has 2 aliphatic carbocycles. The summed E-state index contributed by atoms with van der Waals surface area (Å²) in [5, 5.41) is -0.357. The lowest BCUT2D eigenvalue weighted by molar-refractivity contribution is -0.147. The summed E-state index contributed by atoms with van der Waals surface area (Å²) in [6.45, 7) is 2.49. The third-order valence-electron chi connectivity index (χ3n) is 6.74. The molecule has 0 saturated heterocycles. The smallest absolute Gasteiger partial charge is 0.409 e. The summed E-state index contributed by atoms with van der Waals surface area (Å²) in [5.74, 6) is 1.05. The molecule has 9 heteroatoms. The average molecular weight is 505 g/mol. The fourth-order valence-corrected chi connectivity index (χ4v) is 5.32. The van der Waals surface area contributed by atoms with Crippen LogP contribution in [0.3, 0.4) is 0 Å². The van der Waals surface area contributed by atoms with Crippen molar-refractivity contribution in [1.82, 2.24) is 9.88 Å². The Morgan fingerprint density at radius 1 is 1.23 bits per heavy atom. The van der Waals surface area contributed by atoms with E-state index in [1.165, 1.54) is 26.0 Å². The fraction of sp³-hybridized carbons (Fsp3) is 0.577. The molecule has 2 heterocycles. The Morgan fingerprint density at radius 2 is 2.03 bits per heavy atom. The van der Waals surface area contributed by atoms with Crippen LogP contribution in [-0.2, 0) is 20.9 Å². The molecule has 1 amide bonds. The molecule has 0 radical (unpaired) electrons. The molecule has 2 aromatic heterocycles. The van der Waals surface area contributed by atoms with Crippen molar-refractivity contribution >= 4 is 23.4 Å². The van der Waals surface area contributed by atoms with E-state index >= 15 is 0 Å². The van der Waals surface area contributed by atoms with Crippen molar-refractivity contribution in [2.45, 2.75) is 64.6 Å². The largest absolute Gasteiger partial charge is 0.489 e. The number of thiophene rings is 1. The average Bonchev–Trinajstić information content (AvgIpc) is 3.62. The van der Waals surface area contributed by atoms with Crippen LogP contribution in [0.25, 0.3) is 10.6 Å². The van der Waals surface area contributed by atoms with Gasteiger partial charge in [-0.25, -0.2) is 9.78 Å². The number of rotatable bonds is 9. The Balaban J connectivity index is 1.39. The number of hydrogen-bond donors (Lipinski definition) is 0. The van der Waals surface area contributed by atoms with Gasteiger partial charge >= 0.3 is 12.1 Å². The zero-order valence-electron chi connectivity index (χ0n) is 20.5. The first-order valence-electron chi connectivity index (χ1n) is 12.2. The van der Waals surface area contributed by atoms with Crippen LogP contribution < -0.4 is 4.74 Å². The number of halogens is 1. The van der Waals surface area contributed by atoms with Gasteiger partial charge in [0.1, 0.15) is 12.4 Å². The van der Waals surface area contributed by atoms with Gasteiger partial charge in [0.15, 0.2) is 5.13 Å². The van der Waals surface area contributed by atoms with Crippen molar-refractivity contribution in [1.29, 1.82) is 0 Å². The number of methoxy groups -OCH3 is 1. The quantitative estimate of drug-likeness (QED) is 0.406. The van der Waals surface area contributed by atoms with Crippen LogP contribution in [0.4, 0.5) is 9.18 Å². The van der Waals surface area contributed by atoms with Crippen LogP contribution in [0.2, 0.25) is 0 Å². The highest BCUT2D eigenvalue weighted by Crippen LogP contribution is 2.35. The molecule has 7 nitrogen and oxygen atoms in total. The van der Waals surface area contributed by atoms with Crippen molar-refractivity contribution in [2.24, 2.45) is 11.8 Å². The molecule has 2 saturated carbocycles. The minimum Gasteiger partial charge on any atom is -0.489 e. The summed E-state index contributed by atoms with van der Waals surface area (Å²) in [4.78, 5) is 31.1. The number of hydrogen-bond acceptors (Lipinski definition) is 7. The van der Waals surface area contributed by atoms with Gasteiger partial charge in [0.05, 0.1) is 35.4 Å². The highest BCUT2D eigenvalue weighted by Gasteiger charge is 2.29. The van der Waals surface area contributed by atoms with Crippen LogP contribution in [-0.4, -0.2) is 48.8 Å². The van der Waals surface area contributed by atoms with Crippen LogP contribution in [0.5, 0.6) is 5.75 Å². The van der Waals surface area contributed by atoms with E-state index in [1.807, 2.05) is 13.0 Å². The predicted molar refractivity (Wildman–Crippen MR) is 131 cm³/mol. The van der Waals surface area contributed by atoms with Gasteiger partial charge in [-0.15, -0.1) is 11.3 Å². The second-order valence-corrected chi connectivity index (χ2v) is 10.5. The van der Waals surface area contributed by atoms with E-state index in [4.69, 9.17) is 14.2 Å². The fourth-order valence-electron chi connectivity index (χ4n) is 4.45. The molecular weight excluding hydrogens is 471 g/mol. The number of aryl methyl sites for hydroxylation is 1. The first-order valence-corrected chi connectivity index (χ1v) is 13.0. The molecule has 190 valence electrons. The third-order valence-corrected chi connectivity index (χ3v) is 7.72. The molecule has 2 aromatic rings. The van der Waals surface area contributed by atoms with Crippen LogP contribution >= 0.6 is 11.3 Å². The maximum absolute atomic E-state index is 14.2. The summed E-state index contributed by atoms with van der Waals surface area (Å²) in [6.07, 6.45) is 6.20. The monoisotopic (exact) mass is 504 g/mol. The van der Waals surface area contributed by atoms with Crippen LogP contribution in [0.1, 0.15) is 56.2 Å². The molecule has 0 spiro atoms. The summed E-state index contributed by atoms with van der Waals surface area (Å²) in [7, 11) is 3.14. The number of amides is 1. The van der Waals surface area contributed by atoms with E-state index in [0.29, 0.717) is 40.5 Å². The molecule has 0 bridgehead atoms. The van der Waals surface area contributed by atoms with Gasteiger partial charge in [0.2, 0.25) is 0 Å². The van der Waals surface area contributed by atoms with Crippen molar-refractivity contribution in [3.05, 3.63) is 34.6 Å². The molecule has 0 aliphatic heterocycles. The highest BCUT2D eigenvalue weighted by molar-refractivity contribution is 7.14. The number of aromatic nitrogens is 1. The minimum atomic E-state index is -0.408. The first-order chi connectivity index (χ1) is 16.8. The maximum Gasteiger partial charge on any atom is 0.409 e. The van der Waals surface area contributed by atoms with Gasteiger partial charge in [-0.3, -0.25) is 4.79 Å². The zero-order chi connectivity index (χ0) is 24.9. The Hall–Kier alpha value is -2.68. The molecular formula is C26H33FN2O5S. The maximum atomic E-state index is 14.2. The van der Waals surface area contributed by atoms with Gasteiger partial charge in [-0.1, -0.05) is 12.8 Å². The van der Waals surface area contributed by atoms with Gasteiger partial charge in [-0.05, 0) is 63.1 Å². The van der Waals surface area contributed by atoms with Crippen LogP contribution in [0, 0.1) is 23.9 Å². The minimum absolute atomic E-state index is 0.0156. The number of carbonyl (C=O) groups is 2. The molecule has 2 aliphatic rings. The van der Waals surface area contributed by atoms with E-state index in [9.17, 15) is 14.0 Å². The van der Waals surface area contributed by atoms with E-state index in [2.05, 4.69) is 4.98 Å². The van der Waals surface area contributed by atoms with Crippen molar-refractivity contribution < 1.29 is 28.2 Å². The lowest BCUT2D eigenvalue weighted by atomic mass is 9.87. The van der Waals surface area contributed by atoms with Crippen molar-refractivity contribution in [2.75, 3.05) is 20.7 Å². The summed E-state index contributed by atoms with van der Waals surface area (Å²) >= 11 is 0.980. The lowest BCUT2D eigenvalue weighted by Gasteiger charge is -2.28. The summed E-state index contributed by atoms with van der Waals surface area (Å²) in [6, 6.07) is 5.02. The van der Waals surface area contributed by atoms with E-state index in [-0.39, 0.29) is 29.7 Å². The normalized spacial score (nSPS) is 19.8. The Labute approximate surface area is 209 Å². The molecule has 4 rings (SSSR count). The number of pyridine rings is 1. The van der Waals surface area contributed by atoms with E-state index in [1.54, 1.807) is 18.0 Å². The number of esters is 1. The molecule has 0 N–H and O–H groups in total. The summed E-state index contributed by atoms with van der Waals surface area (Å²) < 4.78 is 30.7. The van der Waals surface area contributed by atoms with Crippen molar-refractivity contribution in [3.63, 3.8) is 0 Å². The Bertz CT molecular complexity index is 1050. The highest BCUT2D eigenvalue weighted by atomic mass is 32.1. The third kappa shape index (κ3) is 6.72. The van der Waals surface area contributed by atoms with Gasteiger partial charge in [-0.2, -0.15) is 4.39 Å². The predicted octanol–water partition coefficient (Wildman–Crippen LogP) is 5.74. The number of ether oxygens (including phenoxy) is 3. The second kappa shape index (κ2) is 11.4. The molecule has 2 atom stereocenters. The molecule has 0 unspecified atom stereocenters. The zero-order valence-corrected chi connectivity index (χ0v) is 21.4. The standard InChI is InChI=1S/C26H33FN2O5S/c1-16-22(34-20-6-4-5-18(13-20)25(30)32-3)10-9-21(28-16)24-19(14-23(27)35-24)15-33-26(31)29(2)12-11-17-7-8-17/h9-10,14,17-18,20H,4-8,11-13,15H2,1-3H3/t18-,20-/m0/s1. The Morgan fingerprint density at radius 3 is 2.74 bits per heavy atom. The van der Waals surface area contributed by atoms with Gasteiger partial charge < -0.3 is 19.1 Å². The number of carbonyl (C=O) groups excluding carboxylic acids is 2.